The van der Waals surface area contributed by atoms with Gasteiger partial charge in [0.1, 0.15) is 0 Å². The molecule has 1 spiro atoms. The van der Waals surface area contributed by atoms with Crippen LogP contribution in [0.2, 0.25) is 0 Å². The Morgan fingerprint density at radius 3 is 2.52 bits per heavy atom. The molecule has 3 aromatic rings. The van der Waals surface area contributed by atoms with Crippen LogP contribution in [0.1, 0.15) is 43.6 Å². The fourth-order valence-corrected chi connectivity index (χ4v) is 5.00. The van der Waals surface area contributed by atoms with Crippen molar-refractivity contribution >= 4 is 22.5 Å². The SMILES string of the molecule is O=C(Nc1ccccc1)[C@@H]1CC12CCC(c1ccnc3ccccc13)CC2. The number of anilines is 1. The maximum absolute atomic E-state index is 12.7. The average Bonchev–Trinajstić information content (AvgIpc) is 3.42. The van der Waals surface area contributed by atoms with Crippen molar-refractivity contribution in [1.82, 2.24) is 4.98 Å². The van der Waals surface area contributed by atoms with E-state index in [0.717, 1.165) is 30.5 Å². The second kappa shape index (κ2) is 6.49. The molecule has 0 unspecified atom stereocenters. The molecule has 1 heterocycles. The van der Waals surface area contributed by atoms with Gasteiger partial charge < -0.3 is 5.32 Å². The molecule has 1 aromatic heterocycles. The number of nitrogens with zero attached hydrogens (tertiary/aromatic N) is 1. The second-order valence-corrected chi connectivity index (χ2v) is 8.17. The maximum Gasteiger partial charge on any atom is 0.228 e. The Morgan fingerprint density at radius 1 is 0.963 bits per heavy atom. The quantitative estimate of drug-likeness (QED) is 0.670. The number of pyridine rings is 1. The lowest BCUT2D eigenvalue weighted by atomic mass is 9.75. The van der Waals surface area contributed by atoms with Gasteiger partial charge in [0.15, 0.2) is 0 Å². The first kappa shape index (κ1) is 16.5. The number of carbonyl (C=O) groups is 1. The van der Waals surface area contributed by atoms with E-state index in [2.05, 4.69) is 40.6 Å². The molecule has 3 nitrogen and oxygen atoms in total. The van der Waals surface area contributed by atoms with E-state index >= 15 is 0 Å². The van der Waals surface area contributed by atoms with Crippen molar-refractivity contribution in [3.8, 4) is 0 Å². The molecule has 2 aliphatic carbocycles. The molecule has 1 amide bonds. The van der Waals surface area contributed by atoms with Crippen LogP contribution in [0.25, 0.3) is 10.9 Å². The molecule has 1 N–H and O–H groups in total. The molecule has 5 rings (SSSR count). The van der Waals surface area contributed by atoms with Crippen LogP contribution in [0.3, 0.4) is 0 Å². The van der Waals surface area contributed by atoms with Crippen LogP contribution < -0.4 is 5.32 Å². The van der Waals surface area contributed by atoms with Crippen molar-refractivity contribution in [3.63, 3.8) is 0 Å². The number of hydrogen-bond acceptors (Lipinski definition) is 2. The molecule has 2 aliphatic rings. The van der Waals surface area contributed by atoms with Crippen molar-refractivity contribution in [2.45, 2.75) is 38.0 Å². The number of para-hydroxylation sites is 2. The molecule has 3 heteroatoms. The van der Waals surface area contributed by atoms with Crippen molar-refractivity contribution in [1.29, 1.82) is 0 Å². The predicted molar refractivity (Wildman–Crippen MR) is 109 cm³/mol. The van der Waals surface area contributed by atoms with Gasteiger partial charge in [-0.05, 0) is 73.3 Å². The number of amides is 1. The number of hydrogen-bond donors (Lipinski definition) is 1. The fraction of sp³-hybridized carbons (Fsp3) is 0.333. The summed E-state index contributed by atoms with van der Waals surface area (Å²) >= 11 is 0. The van der Waals surface area contributed by atoms with Gasteiger partial charge in [-0.25, -0.2) is 0 Å². The van der Waals surface area contributed by atoms with Gasteiger partial charge in [0.25, 0.3) is 0 Å². The van der Waals surface area contributed by atoms with Crippen molar-refractivity contribution in [2.75, 3.05) is 5.32 Å². The zero-order chi connectivity index (χ0) is 18.3. The Labute approximate surface area is 159 Å². The molecule has 2 aromatic carbocycles. The lowest BCUT2D eigenvalue weighted by Crippen LogP contribution is -2.22. The van der Waals surface area contributed by atoms with Gasteiger partial charge in [0.05, 0.1) is 5.52 Å². The summed E-state index contributed by atoms with van der Waals surface area (Å²) in [6.45, 7) is 0. The molecule has 2 saturated carbocycles. The molecule has 27 heavy (non-hydrogen) atoms. The minimum Gasteiger partial charge on any atom is -0.326 e. The Kier molecular flexibility index (Phi) is 3.96. The third kappa shape index (κ3) is 3.01. The van der Waals surface area contributed by atoms with Crippen LogP contribution in [0.15, 0.2) is 66.9 Å². The number of fused-ring (bicyclic) bond motifs is 1. The van der Waals surface area contributed by atoms with Gasteiger partial charge in [-0.2, -0.15) is 0 Å². The molecule has 2 fully saturated rings. The predicted octanol–water partition coefficient (Wildman–Crippen LogP) is 5.54. The van der Waals surface area contributed by atoms with Gasteiger partial charge in [0.2, 0.25) is 5.91 Å². The molecule has 0 aliphatic heterocycles. The lowest BCUT2D eigenvalue weighted by molar-refractivity contribution is -0.118. The standard InChI is InChI=1S/C24H24N2O/c27-23(26-18-6-2-1-3-7-18)21-16-24(21)13-10-17(11-14-24)19-12-15-25-22-9-5-4-8-20(19)22/h1-9,12,15,17,21H,10-11,13-14,16H2,(H,26,27)/t17?,21-,24?/m0/s1. The van der Waals surface area contributed by atoms with E-state index in [1.165, 1.54) is 23.8 Å². The number of benzene rings is 2. The van der Waals surface area contributed by atoms with E-state index in [1.54, 1.807) is 0 Å². The lowest BCUT2D eigenvalue weighted by Gasteiger charge is -2.30. The number of aromatic nitrogens is 1. The first-order valence-electron chi connectivity index (χ1n) is 9.95. The average molecular weight is 356 g/mol. The highest BCUT2D eigenvalue weighted by Crippen LogP contribution is 2.63. The second-order valence-electron chi connectivity index (χ2n) is 8.17. The van der Waals surface area contributed by atoms with Crippen LogP contribution in [0, 0.1) is 11.3 Å². The van der Waals surface area contributed by atoms with E-state index in [0.29, 0.717) is 5.92 Å². The van der Waals surface area contributed by atoms with Gasteiger partial charge >= 0.3 is 0 Å². The summed E-state index contributed by atoms with van der Waals surface area (Å²) in [6.07, 6.45) is 7.64. The van der Waals surface area contributed by atoms with Crippen LogP contribution in [-0.4, -0.2) is 10.9 Å². The first-order chi connectivity index (χ1) is 13.3. The summed E-state index contributed by atoms with van der Waals surface area (Å²) < 4.78 is 0. The molecule has 0 radical (unpaired) electrons. The number of rotatable bonds is 3. The number of nitrogens with one attached hydrogen (secondary N) is 1. The minimum absolute atomic E-state index is 0.188. The first-order valence-corrected chi connectivity index (χ1v) is 9.95. The van der Waals surface area contributed by atoms with E-state index in [9.17, 15) is 4.79 Å². The summed E-state index contributed by atoms with van der Waals surface area (Å²) in [6, 6.07) is 20.4. The topological polar surface area (TPSA) is 42.0 Å². The summed E-state index contributed by atoms with van der Waals surface area (Å²) in [5, 5.41) is 4.38. The Hall–Kier alpha value is -2.68. The van der Waals surface area contributed by atoms with Gasteiger partial charge in [-0.15, -0.1) is 0 Å². The molecule has 1 atom stereocenters. The fourth-order valence-electron chi connectivity index (χ4n) is 5.00. The highest BCUT2D eigenvalue weighted by Gasteiger charge is 2.58. The molecular weight excluding hydrogens is 332 g/mol. The summed E-state index contributed by atoms with van der Waals surface area (Å²) in [4.78, 5) is 17.2. The van der Waals surface area contributed by atoms with Crippen molar-refractivity contribution in [3.05, 3.63) is 72.4 Å². The van der Waals surface area contributed by atoms with E-state index < -0.39 is 0 Å². The summed E-state index contributed by atoms with van der Waals surface area (Å²) in [5.41, 5.74) is 3.67. The monoisotopic (exact) mass is 356 g/mol. The maximum atomic E-state index is 12.7. The minimum atomic E-state index is 0.188. The third-order valence-electron chi connectivity index (χ3n) is 6.65. The highest BCUT2D eigenvalue weighted by atomic mass is 16.2. The molecule has 0 saturated heterocycles. The highest BCUT2D eigenvalue weighted by molar-refractivity contribution is 5.95. The van der Waals surface area contributed by atoms with Crippen LogP contribution in [-0.2, 0) is 4.79 Å². The largest absolute Gasteiger partial charge is 0.326 e. The van der Waals surface area contributed by atoms with E-state index in [-0.39, 0.29) is 17.2 Å². The van der Waals surface area contributed by atoms with Crippen molar-refractivity contribution in [2.24, 2.45) is 11.3 Å². The Morgan fingerprint density at radius 2 is 1.70 bits per heavy atom. The van der Waals surface area contributed by atoms with Crippen LogP contribution in [0.4, 0.5) is 5.69 Å². The third-order valence-corrected chi connectivity index (χ3v) is 6.65. The zero-order valence-corrected chi connectivity index (χ0v) is 15.4. The van der Waals surface area contributed by atoms with Crippen LogP contribution >= 0.6 is 0 Å². The van der Waals surface area contributed by atoms with Gasteiger partial charge in [-0.1, -0.05) is 36.4 Å². The van der Waals surface area contributed by atoms with Crippen LogP contribution in [0.5, 0.6) is 0 Å². The summed E-state index contributed by atoms with van der Waals surface area (Å²) in [5.74, 6) is 0.976. The normalized spacial score (nSPS) is 26.8. The molecule has 136 valence electrons. The summed E-state index contributed by atoms with van der Waals surface area (Å²) in [7, 11) is 0. The smallest absolute Gasteiger partial charge is 0.228 e. The molecule has 0 bridgehead atoms. The zero-order valence-electron chi connectivity index (χ0n) is 15.4. The number of carbonyl (C=O) groups excluding carboxylic acids is 1. The van der Waals surface area contributed by atoms with Crippen molar-refractivity contribution < 1.29 is 4.79 Å². The Bertz CT molecular complexity index is 969. The molecular formula is C24H24N2O. The van der Waals surface area contributed by atoms with E-state index in [1.807, 2.05) is 36.5 Å². The Balaban J connectivity index is 1.26. The van der Waals surface area contributed by atoms with Gasteiger partial charge in [-0.3, -0.25) is 9.78 Å². The van der Waals surface area contributed by atoms with E-state index in [4.69, 9.17) is 0 Å². The van der Waals surface area contributed by atoms with Gasteiger partial charge in [0, 0.05) is 23.2 Å².